The lowest BCUT2D eigenvalue weighted by molar-refractivity contribution is -0.191. The molecule has 0 fully saturated rings. The SMILES string of the molecule is CC(C)C(CN)NC(=O)[C@@](O)(C(C)C)N(C(=O)CCCC[C@@H](Cc1ccccc1)NC(=O)[C@H](C)NC(=O)OCc1ccccc1)C(=O)C(N)C(C)C. The number of nitrogens with one attached hydrogen (secondary N) is 3. The molecule has 0 aliphatic rings. The minimum atomic E-state index is -2.52. The van der Waals surface area contributed by atoms with Gasteiger partial charge >= 0.3 is 6.09 Å². The van der Waals surface area contributed by atoms with E-state index in [2.05, 4.69) is 16.0 Å². The molecule has 0 aliphatic heterocycles. The van der Waals surface area contributed by atoms with E-state index in [1.165, 1.54) is 0 Å². The van der Waals surface area contributed by atoms with Crippen LogP contribution in [0.4, 0.5) is 4.79 Å². The van der Waals surface area contributed by atoms with Gasteiger partial charge < -0.3 is 37.3 Å². The number of ether oxygens (including phenoxy) is 1. The van der Waals surface area contributed by atoms with Crippen molar-refractivity contribution in [3.63, 3.8) is 0 Å². The second-order valence-electron chi connectivity index (χ2n) is 14.3. The van der Waals surface area contributed by atoms with Crippen LogP contribution in [-0.2, 0) is 36.9 Å². The lowest BCUT2D eigenvalue weighted by Crippen LogP contribution is -2.69. The summed E-state index contributed by atoms with van der Waals surface area (Å²) < 4.78 is 5.26. The Hall–Kier alpha value is -4.33. The molecule has 8 N–H and O–H groups in total. The van der Waals surface area contributed by atoms with E-state index in [-0.39, 0.29) is 43.9 Å². The molecule has 0 aliphatic carbocycles. The van der Waals surface area contributed by atoms with Crippen molar-refractivity contribution in [3.8, 4) is 0 Å². The number of carbonyl (C=O) groups is 5. The van der Waals surface area contributed by atoms with Gasteiger partial charge in [0.15, 0.2) is 0 Å². The van der Waals surface area contributed by atoms with E-state index in [0.717, 1.165) is 11.1 Å². The zero-order valence-corrected chi connectivity index (χ0v) is 31.8. The predicted molar refractivity (Wildman–Crippen MR) is 200 cm³/mol. The number of benzene rings is 2. The number of hydrogen-bond donors (Lipinski definition) is 6. The number of unbranched alkanes of at least 4 members (excludes halogenated alkanes) is 1. The van der Waals surface area contributed by atoms with E-state index < -0.39 is 59.5 Å². The number of rotatable bonds is 20. The summed E-state index contributed by atoms with van der Waals surface area (Å²) in [6.45, 7) is 12.0. The highest BCUT2D eigenvalue weighted by Gasteiger charge is 2.52. The van der Waals surface area contributed by atoms with Crippen molar-refractivity contribution >= 4 is 29.7 Å². The first-order valence-electron chi connectivity index (χ1n) is 18.2. The fraction of sp³-hybridized carbons (Fsp3) is 0.564. The van der Waals surface area contributed by atoms with Crippen LogP contribution in [0.15, 0.2) is 60.7 Å². The van der Waals surface area contributed by atoms with Gasteiger partial charge in [0.25, 0.3) is 5.91 Å². The summed E-state index contributed by atoms with van der Waals surface area (Å²) in [6, 6.07) is 15.9. The number of nitrogens with zero attached hydrogens (tertiary/aromatic N) is 1. The average molecular weight is 725 g/mol. The van der Waals surface area contributed by atoms with Gasteiger partial charge in [-0.05, 0) is 49.1 Å². The van der Waals surface area contributed by atoms with Crippen molar-refractivity contribution in [1.82, 2.24) is 20.9 Å². The number of amides is 5. The number of carbonyl (C=O) groups excluding carboxylic acids is 5. The van der Waals surface area contributed by atoms with Gasteiger partial charge in [-0.25, -0.2) is 9.69 Å². The fourth-order valence-electron chi connectivity index (χ4n) is 5.55. The second-order valence-corrected chi connectivity index (χ2v) is 14.3. The minimum Gasteiger partial charge on any atom is -0.445 e. The lowest BCUT2D eigenvalue weighted by Gasteiger charge is -2.42. The molecular weight excluding hydrogens is 664 g/mol. The molecule has 2 unspecified atom stereocenters. The van der Waals surface area contributed by atoms with Gasteiger partial charge in [-0.1, -0.05) is 109 Å². The van der Waals surface area contributed by atoms with Gasteiger partial charge in [0.1, 0.15) is 12.6 Å². The van der Waals surface area contributed by atoms with Crippen LogP contribution in [0.3, 0.4) is 0 Å². The summed E-state index contributed by atoms with van der Waals surface area (Å²) >= 11 is 0. The smallest absolute Gasteiger partial charge is 0.408 e. The molecule has 13 nitrogen and oxygen atoms in total. The predicted octanol–water partition coefficient (Wildman–Crippen LogP) is 3.37. The van der Waals surface area contributed by atoms with Crippen LogP contribution in [-0.4, -0.2) is 76.2 Å². The fourth-order valence-corrected chi connectivity index (χ4v) is 5.55. The standard InChI is InChI=1S/C39H60N6O7/c1-25(2)32(23-40)44-37(49)39(51,27(5)6)45(36(48)34(41)26(3)4)33(46)21-15-14-20-31(22-29-16-10-8-11-17-29)43-35(47)28(7)42-38(50)52-24-30-18-12-9-13-19-30/h8-13,16-19,25-28,31-32,34,51H,14-15,20-24,40-41H2,1-7H3,(H,42,50)(H,43,47)(H,44,49)/t28-,31-,32?,34?,39-/m0/s1. The van der Waals surface area contributed by atoms with Gasteiger partial charge in [-0.15, -0.1) is 0 Å². The van der Waals surface area contributed by atoms with E-state index in [9.17, 15) is 29.1 Å². The van der Waals surface area contributed by atoms with Crippen molar-refractivity contribution in [3.05, 3.63) is 71.8 Å². The van der Waals surface area contributed by atoms with Crippen LogP contribution >= 0.6 is 0 Å². The molecule has 13 heteroatoms. The molecule has 0 saturated heterocycles. The number of aliphatic hydroxyl groups is 1. The molecule has 0 bridgehead atoms. The van der Waals surface area contributed by atoms with Crippen molar-refractivity contribution < 1.29 is 33.8 Å². The average Bonchev–Trinajstić information content (AvgIpc) is 3.11. The number of imide groups is 1. The molecule has 5 atom stereocenters. The van der Waals surface area contributed by atoms with Gasteiger partial charge in [0, 0.05) is 31.0 Å². The molecule has 52 heavy (non-hydrogen) atoms. The van der Waals surface area contributed by atoms with E-state index in [1.807, 2.05) is 74.5 Å². The number of hydrogen-bond acceptors (Lipinski definition) is 9. The van der Waals surface area contributed by atoms with Gasteiger partial charge in [0.2, 0.25) is 23.4 Å². The Labute approximate surface area is 308 Å². The highest BCUT2D eigenvalue weighted by atomic mass is 16.5. The molecule has 288 valence electrons. The largest absolute Gasteiger partial charge is 0.445 e. The molecule has 0 aromatic heterocycles. The first-order chi connectivity index (χ1) is 24.5. The summed E-state index contributed by atoms with van der Waals surface area (Å²) in [7, 11) is 0. The lowest BCUT2D eigenvalue weighted by atomic mass is 9.92. The summed E-state index contributed by atoms with van der Waals surface area (Å²) in [5.74, 6) is -4.21. The van der Waals surface area contributed by atoms with E-state index in [0.29, 0.717) is 24.2 Å². The summed E-state index contributed by atoms with van der Waals surface area (Å²) in [5.41, 5.74) is 11.3. The monoisotopic (exact) mass is 724 g/mol. The van der Waals surface area contributed by atoms with Crippen LogP contribution in [0.2, 0.25) is 0 Å². The Kier molecular flexibility index (Phi) is 17.9. The minimum absolute atomic E-state index is 0.0637. The highest BCUT2D eigenvalue weighted by Crippen LogP contribution is 2.27. The van der Waals surface area contributed by atoms with Crippen molar-refractivity contribution in [1.29, 1.82) is 0 Å². The molecule has 2 aromatic rings. The maximum Gasteiger partial charge on any atom is 0.408 e. The van der Waals surface area contributed by atoms with Crippen molar-refractivity contribution in [2.45, 2.75) is 117 Å². The van der Waals surface area contributed by atoms with Gasteiger partial charge in [-0.3, -0.25) is 19.2 Å². The normalized spacial score (nSPS) is 14.9. The quantitative estimate of drug-likeness (QED) is 0.0874. The molecule has 0 spiro atoms. The Bertz CT molecular complexity index is 1440. The van der Waals surface area contributed by atoms with Gasteiger partial charge in [0.05, 0.1) is 6.04 Å². The van der Waals surface area contributed by atoms with Crippen LogP contribution in [0.25, 0.3) is 0 Å². The maximum atomic E-state index is 13.9. The van der Waals surface area contributed by atoms with Gasteiger partial charge in [-0.2, -0.15) is 0 Å². The summed E-state index contributed by atoms with van der Waals surface area (Å²) in [6.07, 6.45) is 0.801. The van der Waals surface area contributed by atoms with Crippen LogP contribution in [0.5, 0.6) is 0 Å². The molecule has 0 heterocycles. The Morgan fingerprint density at radius 3 is 1.90 bits per heavy atom. The third kappa shape index (κ3) is 13.0. The van der Waals surface area contributed by atoms with Crippen molar-refractivity contribution in [2.24, 2.45) is 29.2 Å². The van der Waals surface area contributed by atoms with Crippen LogP contribution in [0.1, 0.15) is 85.3 Å². The zero-order chi connectivity index (χ0) is 39.0. The van der Waals surface area contributed by atoms with E-state index in [4.69, 9.17) is 16.2 Å². The molecule has 0 radical (unpaired) electrons. The first kappa shape index (κ1) is 43.8. The second kappa shape index (κ2) is 21.3. The van der Waals surface area contributed by atoms with E-state index in [1.54, 1.807) is 34.6 Å². The Morgan fingerprint density at radius 1 is 0.808 bits per heavy atom. The number of alkyl carbamates (subject to hydrolysis) is 1. The Balaban J connectivity index is 2.17. The van der Waals surface area contributed by atoms with E-state index >= 15 is 0 Å². The molecule has 0 saturated carbocycles. The molecule has 5 amide bonds. The van der Waals surface area contributed by atoms with Crippen molar-refractivity contribution in [2.75, 3.05) is 6.54 Å². The Morgan fingerprint density at radius 2 is 1.38 bits per heavy atom. The third-order valence-electron chi connectivity index (χ3n) is 9.13. The first-order valence-corrected chi connectivity index (χ1v) is 18.2. The summed E-state index contributed by atoms with van der Waals surface area (Å²) in [4.78, 5) is 67.5. The zero-order valence-electron chi connectivity index (χ0n) is 31.8. The molecular formula is C39H60N6O7. The maximum absolute atomic E-state index is 13.9. The highest BCUT2D eigenvalue weighted by molar-refractivity contribution is 6.03. The molecule has 2 aromatic carbocycles. The number of nitrogens with two attached hydrogens (primary N) is 2. The third-order valence-corrected chi connectivity index (χ3v) is 9.13. The topological polar surface area (TPSA) is 206 Å². The molecule has 2 rings (SSSR count). The van der Waals surface area contributed by atoms with Crippen LogP contribution in [0, 0.1) is 17.8 Å². The van der Waals surface area contributed by atoms with Crippen LogP contribution < -0.4 is 27.4 Å². The summed E-state index contributed by atoms with van der Waals surface area (Å²) in [5, 5.41) is 20.2.